The molecule has 0 aliphatic carbocycles. The van der Waals surface area contributed by atoms with E-state index in [9.17, 15) is 0 Å². The van der Waals surface area contributed by atoms with Crippen LogP contribution in [0.5, 0.6) is 0 Å². The number of halogens is 1. The van der Waals surface area contributed by atoms with Crippen molar-refractivity contribution in [1.82, 2.24) is 9.97 Å². The lowest BCUT2D eigenvalue weighted by Crippen LogP contribution is -1.99. The molecule has 5 heteroatoms. The maximum absolute atomic E-state index is 5.97. The van der Waals surface area contributed by atoms with Crippen molar-refractivity contribution in [3.63, 3.8) is 0 Å². The summed E-state index contributed by atoms with van der Waals surface area (Å²) >= 11 is 7.57. The average molecular weight is 290 g/mol. The van der Waals surface area contributed by atoms with Crippen LogP contribution in [0.2, 0.25) is 5.02 Å². The largest absolute Gasteiger partial charge is 0.357 e. The van der Waals surface area contributed by atoms with Crippen LogP contribution < -0.4 is 5.32 Å². The van der Waals surface area contributed by atoms with Gasteiger partial charge in [-0.3, -0.25) is 4.98 Å². The fourth-order valence-electron chi connectivity index (χ4n) is 1.75. The molecule has 3 nitrogen and oxygen atoms in total. The minimum absolute atomic E-state index is 0.723. The molecule has 0 spiro atoms. The fraction of sp³-hybridized carbons (Fsp3) is 0.143. The van der Waals surface area contributed by atoms with Gasteiger partial charge in [0.25, 0.3) is 0 Å². The van der Waals surface area contributed by atoms with Crippen LogP contribution in [0.15, 0.2) is 36.5 Å². The van der Waals surface area contributed by atoms with E-state index in [2.05, 4.69) is 21.4 Å². The smallest absolute Gasteiger partial charge is 0.184 e. The molecule has 0 saturated carbocycles. The molecule has 0 atom stereocenters. The monoisotopic (exact) mass is 289 g/mol. The molecule has 96 valence electrons. The topological polar surface area (TPSA) is 37.8 Å². The molecule has 0 unspecified atom stereocenters. The Kier molecular flexibility index (Phi) is 3.36. The molecule has 1 aromatic carbocycles. The molecule has 19 heavy (non-hydrogen) atoms. The van der Waals surface area contributed by atoms with E-state index in [0.29, 0.717) is 0 Å². The van der Waals surface area contributed by atoms with Crippen LogP contribution in [0.3, 0.4) is 0 Å². The van der Waals surface area contributed by atoms with E-state index in [0.717, 1.165) is 38.2 Å². The van der Waals surface area contributed by atoms with Gasteiger partial charge in [0.2, 0.25) is 0 Å². The van der Waals surface area contributed by atoms with Crippen LogP contribution in [0, 0.1) is 6.92 Å². The summed E-state index contributed by atoms with van der Waals surface area (Å²) in [6.45, 7) is 2.70. The van der Waals surface area contributed by atoms with Gasteiger partial charge in [-0.05, 0) is 36.8 Å². The van der Waals surface area contributed by atoms with E-state index in [1.165, 1.54) is 0 Å². The molecule has 0 amide bonds. The van der Waals surface area contributed by atoms with E-state index in [-0.39, 0.29) is 0 Å². The van der Waals surface area contributed by atoms with Gasteiger partial charge < -0.3 is 5.32 Å². The molecular weight excluding hydrogens is 278 g/mol. The van der Waals surface area contributed by atoms with Gasteiger partial charge in [0.1, 0.15) is 0 Å². The Balaban J connectivity index is 1.76. The lowest BCUT2D eigenvalue weighted by molar-refractivity contribution is 1.08. The molecule has 0 radical (unpaired) electrons. The first-order valence-electron chi connectivity index (χ1n) is 5.92. The van der Waals surface area contributed by atoms with E-state index >= 15 is 0 Å². The second-order valence-corrected chi connectivity index (χ2v) is 5.76. The second-order valence-electron chi connectivity index (χ2n) is 4.29. The number of benzene rings is 1. The summed E-state index contributed by atoms with van der Waals surface area (Å²) in [5.41, 5.74) is 3.14. The first-order chi connectivity index (χ1) is 9.20. The molecule has 0 aliphatic rings. The third-order valence-corrected chi connectivity index (χ3v) is 3.98. The second kappa shape index (κ2) is 5.15. The van der Waals surface area contributed by atoms with E-state index in [1.807, 2.05) is 37.4 Å². The first kappa shape index (κ1) is 12.4. The summed E-state index contributed by atoms with van der Waals surface area (Å²) in [6.07, 6.45) is 1.88. The Morgan fingerprint density at radius 1 is 1.26 bits per heavy atom. The van der Waals surface area contributed by atoms with Crippen molar-refractivity contribution in [2.24, 2.45) is 0 Å². The van der Waals surface area contributed by atoms with Gasteiger partial charge in [0.15, 0.2) is 5.13 Å². The van der Waals surface area contributed by atoms with Crippen molar-refractivity contribution < 1.29 is 0 Å². The van der Waals surface area contributed by atoms with Crippen LogP contribution in [0.25, 0.3) is 10.2 Å². The fourth-order valence-corrected chi connectivity index (χ4v) is 2.89. The van der Waals surface area contributed by atoms with Crippen molar-refractivity contribution in [2.45, 2.75) is 13.5 Å². The molecule has 0 fully saturated rings. The van der Waals surface area contributed by atoms with Gasteiger partial charge in [0.05, 0.1) is 10.2 Å². The Hall–Kier alpha value is -1.65. The van der Waals surface area contributed by atoms with Gasteiger partial charge >= 0.3 is 0 Å². The highest BCUT2D eigenvalue weighted by Crippen LogP contribution is 2.28. The number of pyridine rings is 1. The first-order valence-corrected chi connectivity index (χ1v) is 7.12. The Morgan fingerprint density at radius 2 is 2.16 bits per heavy atom. The van der Waals surface area contributed by atoms with E-state index in [4.69, 9.17) is 11.6 Å². The van der Waals surface area contributed by atoms with Crippen LogP contribution >= 0.6 is 22.9 Å². The highest BCUT2D eigenvalue weighted by atomic mass is 35.5. The number of nitrogens with zero attached hydrogens (tertiary/aromatic N) is 2. The van der Waals surface area contributed by atoms with Crippen molar-refractivity contribution in [3.8, 4) is 0 Å². The summed E-state index contributed by atoms with van der Waals surface area (Å²) in [6, 6.07) is 9.81. The maximum Gasteiger partial charge on any atom is 0.184 e. The number of aryl methyl sites for hydroxylation is 1. The molecule has 1 N–H and O–H groups in total. The minimum atomic E-state index is 0.723. The lowest BCUT2D eigenvalue weighted by atomic mass is 10.2. The third kappa shape index (κ3) is 2.85. The standard InChI is InChI=1S/C14H12ClN3S/c1-9-2-3-10(7-16-9)8-17-14-18-12-5-4-11(15)6-13(12)19-14/h2-7H,8H2,1H3,(H,17,18). The lowest BCUT2D eigenvalue weighted by Gasteiger charge is -2.02. The maximum atomic E-state index is 5.97. The summed E-state index contributed by atoms with van der Waals surface area (Å²) in [7, 11) is 0. The van der Waals surface area contributed by atoms with Crippen molar-refractivity contribution in [2.75, 3.05) is 5.32 Å². The van der Waals surface area contributed by atoms with Gasteiger partial charge in [-0.25, -0.2) is 4.98 Å². The van der Waals surface area contributed by atoms with Gasteiger partial charge in [-0.1, -0.05) is 29.0 Å². The highest BCUT2D eigenvalue weighted by Gasteiger charge is 2.04. The zero-order valence-corrected chi connectivity index (χ0v) is 11.9. The molecule has 2 aromatic heterocycles. The van der Waals surface area contributed by atoms with Gasteiger partial charge in [-0.15, -0.1) is 0 Å². The summed E-state index contributed by atoms with van der Waals surface area (Å²) in [5.74, 6) is 0. The number of nitrogens with one attached hydrogen (secondary N) is 1. The van der Waals surface area contributed by atoms with E-state index in [1.54, 1.807) is 11.3 Å². The van der Waals surface area contributed by atoms with Gasteiger partial charge in [-0.2, -0.15) is 0 Å². The average Bonchev–Trinajstić information content (AvgIpc) is 2.80. The van der Waals surface area contributed by atoms with Crippen LogP contribution in [-0.2, 0) is 6.54 Å². The van der Waals surface area contributed by atoms with Crippen LogP contribution in [0.1, 0.15) is 11.3 Å². The number of hydrogen-bond acceptors (Lipinski definition) is 4. The molecular formula is C14H12ClN3S. The van der Waals surface area contributed by atoms with Crippen LogP contribution in [0.4, 0.5) is 5.13 Å². The predicted octanol–water partition coefficient (Wildman–Crippen LogP) is 4.27. The normalized spacial score (nSPS) is 10.8. The Bertz CT molecular complexity index is 706. The molecule has 2 heterocycles. The Morgan fingerprint density at radius 3 is 2.95 bits per heavy atom. The van der Waals surface area contributed by atoms with Gasteiger partial charge in [0, 0.05) is 23.5 Å². The number of fused-ring (bicyclic) bond motifs is 1. The Labute approximate surface area is 120 Å². The predicted molar refractivity (Wildman–Crippen MR) is 80.9 cm³/mol. The zero-order chi connectivity index (χ0) is 13.2. The van der Waals surface area contributed by atoms with E-state index < -0.39 is 0 Å². The van der Waals surface area contributed by atoms with Crippen molar-refractivity contribution >= 4 is 38.3 Å². The van der Waals surface area contributed by atoms with Crippen molar-refractivity contribution in [3.05, 3.63) is 52.8 Å². The highest BCUT2D eigenvalue weighted by molar-refractivity contribution is 7.22. The van der Waals surface area contributed by atoms with Crippen molar-refractivity contribution in [1.29, 1.82) is 0 Å². The molecule has 0 aliphatic heterocycles. The van der Waals surface area contributed by atoms with Crippen LogP contribution in [-0.4, -0.2) is 9.97 Å². The number of thiazole rings is 1. The summed E-state index contributed by atoms with van der Waals surface area (Å²) in [5, 5.41) is 4.96. The minimum Gasteiger partial charge on any atom is -0.357 e. The number of aromatic nitrogens is 2. The summed E-state index contributed by atoms with van der Waals surface area (Å²) < 4.78 is 1.09. The number of anilines is 1. The quantitative estimate of drug-likeness (QED) is 0.782. The third-order valence-electron chi connectivity index (χ3n) is 2.77. The number of rotatable bonds is 3. The molecule has 3 aromatic rings. The summed E-state index contributed by atoms with van der Waals surface area (Å²) in [4.78, 5) is 8.79. The number of hydrogen-bond donors (Lipinski definition) is 1. The molecule has 0 saturated heterocycles. The zero-order valence-electron chi connectivity index (χ0n) is 10.4. The molecule has 0 bridgehead atoms. The SMILES string of the molecule is Cc1ccc(CNc2nc3ccc(Cl)cc3s2)cn1. The molecule has 3 rings (SSSR count).